The molecule has 0 aromatic heterocycles. The van der Waals surface area contributed by atoms with Crippen LogP contribution in [0.25, 0.3) is 0 Å². The van der Waals surface area contributed by atoms with Gasteiger partial charge in [-0.05, 0) is 30.9 Å². The van der Waals surface area contributed by atoms with Crippen molar-refractivity contribution in [2.75, 3.05) is 26.2 Å². The molecule has 0 amide bonds. The van der Waals surface area contributed by atoms with E-state index < -0.39 is 0 Å². The lowest BCUT2D eigenvalue weighted by atomic mass is 9.97. The van der Waals surface area contributed by atoms with Gasteiger partial charge in [-0.25, -0.2) is 0 Å². The molecular weight excluding hydrogens is 224 g/mol. The monoisotopic (exact) mass is 248 g/mol. The summed E-state index contributed by atoms with van der Waals surface area (Å²) in [5.41, 5.74) is 7.24. The van der Waals surface area contributed by atoms with Crippen LogP contribution >= 0.6 is 0 Å². The maximum absolute atomic E-state index is 6.04. The molecule has 1 aromatic carbocycles. The fraction of sp³-hybridized carbons (Fsp3) is 0.600. The van der Waals surface area contributed by atoms with Crippen LogP contribution in [0.15, 0.2) is 24.3 Å². The molecule has 2 rings (SSSR count). The Kier molecular flexibility index (Phi) is 4.61. The second-order valence-electron chi connectivity index (χ2n) is 5.47. The van der Waals surface area contributed by atoms with Crippen molar-refractivity contribution in [3.05, 3.63) is 29.8 Å². The summed E-state index contributed by atoms with van der Waals surface area (Å²) in [5, 5.41) is 0. The summed E-state index contributed by atoms with van der Waals surface area (Å²) in [6, 6.07) is 8.48. The van der Waals surface area contributed by atoms with Crippen LogP contribution in [0.3, 0.4) is 0 Å². The first-order valence-electron chi connectivity index (χ1n) is 6.81. The third-order valence-corrected chi connectivity index (χ3v) is 3.53. The summed E-state index contributed by atoms with van der Waals surface area (Å²) < 4.78 is 5.83. The molecule has 1 heterocycles. The van der Waals surface area contributed by atoms with Crippen molar-refractivity contribution in [2.24, 2.45) is 11.7 Å². The zero-order valence-corrected chi connectivity index (χ0v) is 11.4. The van der Waals surface area contributed by atoms with E-state index in [1.165, 1.54) is 5.56 Å². The minimum absolute atomic E-state index is 0.326. The fourth-order valence-corrected chi connectivity index (χ4v) is 2.70. The number of hydrogen-bond donors (Lipinski definition) is 1. The van der Waals surface area contributed by atoms with Crippen molar-refractivity contribution in [2.45, 2.75) is 26.3 Å². The first kappa shape index (κ1) is 13.4. The highest BCUT2D eigenvalue weighted by Gasteiger charge is 2.21. The zero-order chi connectivity index (χ0) is 13.0. The summed E-state index contributed by atoms with van der Waals surface area (Å²) in [6.45, 7) is 8.20. The molecule has 1 aliphatic rings. The van der Waals surface area contributed by atoms with E-state index in [2.05, 4.69) is 24.8 Å². The Hall–Kier alpha value is -1.06. The van der Waals surface area contributed by atoms with Gasteiger partial charge in [0.25, 0.3) is 0 Å². The third kappa shape index (κ3) is 3.72. The lowest BCUT2D eigenvalue weighted by Gasteiger charge is -2.34. The highest BCUT2D eigenvalue weighted by molar-refractivity contribution is 5.31. The van der Waals surface area contributed by atoms with Crippen LogP contribution in [-0.2, 0) is 0 Å². The van der Waals surface area contributed by atoms with Crippen molar-refractivity contribution in [1.82, 2.24) is 4.90 Å². The molecular formula is C15H24N2O. The van der Waals surface area contributed by atoms with Crippen molar-refractivity contribution >= 4 is 0 Å². The summed E-state index contributed by atoms with van der Waals surface area (Å²) >= 11 is 0. The summed E-state index contributed by atoms with van der Waals surface area (Å²) in [5.74, 6) is 1.69. The second-order valence-corrected chi connectivity index (χ2v) is 5.47. The molecule has 2 atom stereocenters. The average molecular weight is 248 g/mol. The Morgan fingerprint density at radius 2 is 2.11 bits per heavy atom. The first-order valence-corrected chi connectivity index (χ1v) is 6.81. The minimum atomic E-state index is 0.326. The van der Waals surface area contributed by atoms with E-state index in [1.807, 2.05) is 18.2 Å². The normalized spacial score (nSPS) is 25.1. The quantitative estimate of drug-likeness (QED) is 0.886. The lowest BCUT2D eigenvalue weighted by molar-refractivity contribution is 0.140. The molecule has 1 fully saturated rings. The molecule has 0 bridgehead atoms. The predicted octanol–water partition coefficient (Wildman–Crippen LogP) is 2.04. The fourth-order valence-electron chi connectivity index (χ4n) is 2.70. The highest BCUT2D eigenvalue weighted by atomic mass is 16.5. The molecule has 3 nitrogen and oxygen atoms in total. The van der Waals surface area contributed by atoms with E-state index in [4.69, 9.17) is 10.5 Å². The summed E-state index contributed by atoms with van der Waals surface area (Å²) in [7, 11) is 0. The minimum Gasteiger partial charge on any atom is -0.492 e. The predicted molar refractivity (Wildman–Crippen MR) is 74.9 cm³/mol. The smallest absolute Gasteiger partial charge is 0.122 e. The molecule has 1 saturated heterocycles. The molecule has 18 heavy (non-hydrogen) atoms. The van der Waals surface area contributed by atoms with Crippen LogP contribution in [-0.4, -0.2) is 37.2 Å². The van der Waals surface area contributed by atoms with Crippen LogP contribution in [0.4, 0.5) is 0 Å². The van der Waals surface area contributed by atoms with Crippen molar-refractivity contribution in [1.29, 1.82) is 0 Å². The lowest BCUT2D eigenvalue weighted by Crippen LogP contribution is -2.47. The van der Waals surface area contributed by atoms with E-state index >= 15 is 0 Å². The van der Waals surface area contributed by atoms with E-state index in [0.29, 0.717) is 12.0 Å². The number of rotatable bonds is 4. The van der Waals surface area contributed by atoms with Gasteiger partial charge < -0.3 is 10.5 Å². The first-order chi connectivity index (χ1) is 8.65. The standard InChI is InChI=1S/C15H24N2O/c1-12-9-14(16)11-17(10-12)7-8-18-15-6-4-3-5-13(15)2/h3-6,12,14H,7-11,16H2,1-2H3. The highest BCUT2D eigenvalue weighted by Crippen LogP contribution is 2.17. The second kappa shape index (κ2) is 6.21. The van der Waals surface area contributed by atoms with Gasteiger partial charge in [0.05, 0.1) is 0 Å². The van der Waals surface area contributed by atoms with E-state index in [9.17, 15) is 0 Å². The van der Waals surface area contributed by atoms with E-state index in [0.717, 1.165) is 38.4 Å². The number of para-hydroxylation sites is 1. The van der Waals surface area contributed by atoms with E-state index in [1.54, 1.807) is 0 Å². The molecule has 0 aliphatic carbocycles. The molecule has 0 radical (unpaired) electrons. The van der Waals surface area contributed by atoms with Gasteiger partial charge in [0, 0.05) is 25.7 Å². The molecule has 0 spiro atoms. The molecule has 2 N–H and O–H groups in total. The van der Waals surface area contributed by atoms with Crippen LogP contribution in [0.1, 0.15) is 18.9 Å². The van der Waals surface area contributed by atoms with Gasteiger partial charge in [-0.1, -0.05) is 25.1 Å². The van der Waals surface area contributed by atoms with Crippen LogP contribution in [0, 0.1) is 12.8 Å². The molecule has 3 heteroatoms. The Balaban J connectivity index is 1.77. The maximum Gasteiger partial charge on any atom is 0.122 e. The van der Waals surface area contributed by atoms with Crippen LogP contribution in [0.2, 0.25) is 0 Å². The Morgan fingerprint density at radius 1 is 1.33 bits per heavy atom. The van der Waals surface area contributed by atoms with Gasteiger partial charge >= 0.3 is 0 Å². The van der Waals surface area contributed by atoms with Crippen LogP contribution < -0.4 is 10.5 Å². The Bertz CT molecular complexity index is 371. The van der Waals surface area contributed by atoms with Gasteiger partial charge in [-0.15, -0.1) is 0 Å². The summed E-state index contributed by atoms with van der Waals surface area (Å²) in [6.07, 6.45) is 1.15. The zero-order valence-electron chi connectivity index (χ0n) is 11.4. The average Bonchev–Trinajstić information content (AvgIpc) is 2.30. The molecule has 0 saturated carbocycles. The number of hydrogen-bond acceptors (Lipinski definition) is 3. The van der Waals surface area contributed by atoms with Gasteiger partial charge in [-0.2, -0.15) is 0 Å². The molecule has 1 aliphatic heterocycles. The third-order valence-electron chi connectivity index (χ3n) is 3.53. The van der Waals surface area contributed by atoms with Crippen molar-refractivity contribution in [3.8, 4) is 5.75 Å². The summed E-state index contributed by atoms with van der Waals surface area (Å²) in [4.78, 5) is 2.41. The number of likely N-dealkylation sites (tertiary alicyclic amines) is 1. The number of benzene rings is 1. The van der Waals surface area contributed by atoms with Crippen molar-refractivity contribution in [3.63, 3.8) is 0 Å². The largest absolute Gasteiger partial charge is 0.492 e. The molecule has 1 aromatic rings. The number of nitrogens with two attached hydrogens (primary N) is 1. The maximum atomic E-state index is 6.04. The molecule has 100 valence electrons. The number of nitrogens with zero attached hydrogens (tertiary/aromatic N) is 1. The number of piperidine rings is 1. The Morgan fingerprint density at radius 3 is 2.83 bits per heavy atom. The van der Waals surface area contributed by atoms with E-state index in [-0.39, 0.29) is 0 Å². The van der Waals surface area contributed by atoms with Gasteiger partial charge in [0.1, 0.15) is 12.4 Å². The van der Waals surface area contributed by atoms with Gasteiger partial charge in [0.2, 0.25) is 0 Å². The molecule has 2 unspecified atom stereocenters. The van der Waals surface area contributed by atoms with Crippen LogP contribution in [0.5, 0.6) is 5.75 Å². The Labute approximate surface area is 110 Å². The topological polar surface area (TPSA) is 38.5 Å². The van der Waals surface area contributed by atoms with Gasteiger partial charge in [-0.3, -0.25) is 4.90 Å². The van der Waals surface area contributed by atoms with Crippen molar-refractivity contribution < 1.29 is 4.74 Å². The number of aryl methyl sites for hydroxylation is 1. The SMILES string of the molecule is Cc1ccccc1OCCN1CC(C)CC(N)C1. The number of ether oxygens (including phenoxy) is 1. The van der Waals surface area contributed by atoms with Gasteiger partial charge in [0.15, 0.2) is 0 Å².